The number of nitrogens with two attached hydrogens (primary N) is 1. The zero-order valence-corrected chi connectivity index (χ0v) is 9.83. The number of pyridine rings is 1. The molecule has 3 heteroatoms. The normalized spacial score (nSPS) is 13.6. The molecule has 1 aromatic heterocycles. The average Bonchev–Trinajstić information content (AvgIpc) is 2.17. The minimum atomic E-state index is 0.211. The Balaban J connectivity index is 2.67. The van der Waals surface area contributed by atoms with Crippen molar-refractivity contribution in [2.75, 3.05) is 11.9 Å². The van der Waals surface area contributed by atoms with Gasteiger partial charge < -0.3 is 11.1 Å². The molecule has 1 rings (SSSR count). The van der Waals surface area contributed by atoms with Gasteiger partial charge in [0, 0.05) is 24.1 Å². The standard InChI is InChI=1S/C12H21N3/c1-12(2,3)11(4-7-13)15-10-5-8-14-9-6-10/h5-6,8-9,11H,4,7,13H2,1-3H3,(H,14,15). The first-order chi connectivity index (χ1) is 7.04. The van der Waals surface area contributed by atoms with Crippen LogP contribution >= 0.6 is 0 Å². The summed E-state index contributed by atoms with van der Waals surface area (Å²) in [6.45, 7) is 7.38. The van der Waals surface area contributed by atoms with Crippen molar-refractivity contribution in [3.05, 3.63) is 24.5 Å². The van der Waals surface area contributed by atoms with Gasteiger partial charge in [0.1, 0.15) is 0 Å². The lowest BCUT2D eigenvalue weighted by Crippen LogP contribution is -2.35. The van der Waals surface area contributed by atoms with Crippen LogP contribution in [-0.2, 0) is 0 Å². The Hall–Kier alpha value is -1.09. The van der Waals surface area contributed by atoms with E-state index in [-0.39, 0.29) is 5.41 Å². The molecule has 0 bridgehead atoms. The van der Waals surface area contributed by atoms with Crippen LogP contribution in [-0.4, -0.2) is 17.6 Å². The van der Waals surface area contributed by atoms with E-state index >= 15 is 0 Å². The molecule has 1 atom stereocenters. The molecule has 0 aromatic carbocycles. The van der Waals surface area contributed by atoms with Gasteiger partial charge in [-0.05, 0) is 30.5 Å². The Kier molecular flexibility index (Phi) is 4.09. The van der Waals surface area contributed by atoms with Crippen molar-refractivity contribution < 1.29 is 0 Å². The van der Waals surface area contributed by atoms with Crippen LogP contribution in [0.3, 0.4) is 0 Å². The predicted octanol–water partition coefficient (Wildman–Crippen LogP) is 2.26. The molecule has 0 aliphatic carbocycles. The third kappa shape index (κ3) is 3.88. The van der Waals surface area contributed by atoms with Crippen molar-refractivity contribution in [2.45, 2.75) is 33.2 Å². The topological polar surface area (TPSA) is 50.9 Å². The molecule has 0 spiro atoms. The fourth-order valence-corrected chi connectivity index (χ4v) is 1.54. The highest BCUT2D eigenvalue weighted by Gasteiger charge is 2.23. The highest BCUT2D eigenvalue weighted by atomic mass is 14.9. The number of nitrogens with one attached hydrogen (secondary N) is 1. The van der Waals surface area contributed by atoms with Crippen LogP contribution in [0.15, 0.2) is 24.5 Å². The lowest BCUT2D eigenvalue weighted by Gasteiger charge is -2.32. The third-order valence-corrected chi connectivity index (χ3v) is 2.52. The Morgan fingerprint density at radius 2 is 1.93 bits per heavy atom. The highest BCUT2D eigenvalue weighted by molar-refractivity contribution is 5.42. The first-order valence-corrected chi connectivity index (χ1v) is 5.40. The third-order valence-electron chi connectivity index (χ3n) is 2.52. The minimum Gasteiger partial charge on any atom is -0.382 e. The monoisotopic (exact) mass is 207 g/mol. The molecule has 0 amide bonds. The second-order valence-corrected chi connectivity index (χ2v) is 4.88. The van der Waals surface area contributed by atoms with Crippen LogP contribution in [0.25, 0.3) is 0 Å². The molecule has 1 aromatic rings. The van der Waals surface area contributed by atoms with E-state index in [1.54, 1.807) is 12.4 Å². The van der Waals surface area contributed by atoms with Gasteiger partial charge in [0.05, 0.1) is 0 Å². The van der Waals surface area contributed by atoms with Crippen LogP contribution in [0.2, 0.25) is 0 Å². The molecule has 3 nitrogen and oxygen atoms in total. The number of hydrogen-bond donors (Lipinski definition) is 2. The Morgan fingerprint density at radius 3 is 2.40 bits per heavy atom. The maximum absolute atomic E-state index is 5.63. The molecule has 0 radical (unpaired) electrons. The molecular formula is C12H21N3. The number of hydrogen-bond acceptors (Lipinski definition) is 3. The van der Waals surface area contributed by atoms with Gasteiger partial charge in [-0.3, -0.25) is 4.98 Å². The van der Waals surface area contributed by atoms with E-state index in [1.165, 1.54) is 0 Å². The number of anilines is 1. The minimum absolute atomic E-state index is 0.211. The van der Waals surface area contributed by atoms with Crippen molar-refractivity contribution in [2.24, 2.45) is 11.1 Å². The quantitative estimate of drug-likeness (QED) is 0.796. The van der Waals surface area contributed by atoms with Gasteiger partial charge in [-0.2, -0.15) is 0 Å². The van der Waals surface area contributed by atoms with E-state index in [1.807, 2.05) is 12.1 Å². The molecular weight excluding hydrogens is 186 g/mol. The first-order valence-electron chi connectivity index (χ1n) is 5.40. The summed E-state index contributed by atoms with van der Waals surface area (Å²) >= 11 is 0. The van der Waals surface area contributed by atoms with Gasteiger partial charge in [-0.25, -0.2) is 0 Å². The Bertz CT molecular complexity index is 277. The van der Waals surface area contributed by atoms with Crippen molar-refractivity contribution in [3.8, 4) is 0 Å². The van der Waals surface area contributed by atoms with Gasteiger partial charge in [-0.1, -0.05) is 20.8 Å². The van der Waals surface area contributed by atoms with E-state index in [0.717, 1.165) is 12.1 Å². The molecule has 0 aliphatic rings. The Morgan fingerprint density at radius 1 is 1.33 bits per heavy atom. The summed E-state index contributed by atoms with van der Waals surface area (Å²) in [5.74, 6) is 0. The summed E-state index contributed by atoms with van der Waals surface area (Å²) in [6, 6.07) is 4.36. The molecule has 0 saturated carbocycles. The largest absolute Gasteiger partial charge is 0.382 e. The number of aromatic nitrogens is 1. The van der Waals surface area contributed by atoms with Crippen LogP contribution in [0.5, 0.6) is 0 Å². The second-order valence-electron chi connectivity index (χ2n) is 4.88. The predicted molar refractivity (Wildman–Crippen MR) is 64.8 cm³/mol. The number of nitrogens with zero attached hydrogens (tertiary/aromatic N) is 1. The molecule has 84 valence electrons. The molecule has 1 unspecified atom stereocenters. The van der Waals surface area contributed by atoms with Crippen molar-refractivity contribution >= 4 is 5.69 Å². The summed E-state index contributed by atoms with van der Waals surface area (Å²) in [4.78, 5) is 4.00. The summed E-state index contributed by atoms with van der Waals surface area (Å²) in [5, 5.41) is 3.50. The van der Waals surface area contributed by atoms with Gasteiger partial charge >= 0.3 is 0 Å². The fourth-order valence-electron chi connectivity index (χ4n) is 1.54. The molecule has 1 heterocycles. The summed E-state index contributed by atoms with van der Waals surface area (Å²) in [7, 11) is 0. The zero-order valence-electron chi connectivity index (χ0n) is 9.83. The molecule has 0 saturated heterocycles. The maximum atomic E-state index is 5.63. The van der Waals surface area contributed by atoms with Crippen LogP contribution in [0.1, 0.15) is 27.2 Å². The summed E-state index contributed by atoms with van der Waals surface area (Å²) in [5.41, 5.74) is 6.95. The maximum Gasteiger partial charge on any atom is 0.0373 e. The second kappa shape index (κ2) is 5.12. The zero-order chi connectivity index (χ0) is 11.3. The van der Waals surface area contributed by atoms with E-state index in [9.17, 15) is 0 Å². The van der Waals surface area contributed by atoms with Crippen molar-refractivity contribution in [3.63, 3.8) is 0 Å². The Labute approximate surface area is 92.1 Å². The average molecular weight is 207 g/mol. The summed E-state index contributed by atoms with van der Waals surface area (Å²) in [6.07, 6.45) is 4.57. The van der Waals surface area contributed by atoms with E-state index < -0.39 is 0 Å². The first kappa shape index (κ1) is 12.0. The molecule has 3 N–H and O–H groups in total. The van der Waals surface area contributed by atoms with Gasteiger partial charge in [0.2, 0.25) is 0 Å². The van der Waals surface area contributed by atoms with E-state index in [0.29, 0.717) is 12.6 Å². The van der Waals surface area contributed by atoms with Crippen molar-refractivity contribution in [1.29, 1.82) is 0 Å². The lowest BCUT2D eigenvalue weighted by molar-refractivity contribution is 0.329. The smallest absolute Gasteiger partial charge is 0.0373 e. The van der Waals surface area contributed by atoms with E-state index in [4.69, 9.17) is 5.73 Å². The summed E-state index contributed by atoms with van der Waals surface area (Å²) < 4.78 is 0. The van der Waals surface area contributed by atoms with E-state index in [2.05, 4.69) is 31.1 Å². The molecule has 15 heavy (non-hydrogen) atoms. The van der Waals surface area contributed by atoms with Crippen LogP contribution in [0.4, 0.5) is 5.69 Å². The number of rotatable bonds is 4. The fraction of sp³-hybridized carbons (Fsp3) is 0.583. The SMILES string of the molecule is CC(C)(C)C(CCN)Nc1ccncc1. The van der Waals surface area contributed by atoms with Crippen LogP contribution < -0.4 is 11.1 Å². The molecule has 0 fully saturated rings. The molecule has 0 aliphatic heterocycles. The van der Waals surface area contributed by atoms with Gasteiger partial charge in [0.15, 0.2) is 0 Å². The lowest BCUT2D eigenvalue weighted by atomic mass is 9.84. The highest BCUT2D eigenvalue weighted by Crippen LogP contribution is 2.24. The van der Waals surface area contributed by atoms with Gasteiger partial charge in [-0.15, -0.1) is 0 Å². The van der Waals surface area contributed by atoms with Crippen LogP contribution in [0, 0.1) is 5.41 Å². The van der Waals surface area contributed by atoms with Gasteiger partial charge in [0.25, 0.3) is 0 Å². The van der Waals surface area contributed by atoms with Crippen molar-refractivity contribution in [1.82, 2.24) is 4.98 Å².